The van der Waals surface area contributed by atoms with Crippen LogP contribution in [0.3, 0.4) is 0 Å². The number of nitrogens with zero attached hydrogens (tertiary/aromatic N) is 3. The molecule has 188 valence electrons. The summed E-state index contributed by atoms with van der Waals surface area (Å²) in [6, 6.07) is 24.6. The third kappa shape index (κ3) is 6.32. The van der Waals surface area contributed by atoms with Gasteiger partial charge in [0.25, 0.3) is 5.91 Å². The topological polar surface area (TPSA) is 76.5 Å². The Hall–Kier alpha value is -4.65. The number of ether oxygens (including phenoxy) is 1. The first-order chi connectivity index (χ1) is 18.0. The smallest absolute Gasteiger partial charge is 0.254 e. The number of hydrogen-bond donors (Lipinski definition) is 1. The highest BCUT2D eigenvalue weighted by Crippen LogP contribution is 2.26. The maximum Gasteiger partial charge on any atom is 0.254 e. The molecule has 0 fully saturated rings. The van der Waals surface area contributed by atoms with Gasteiger partial charge in [-0.05, 0) is 38.1 Å². The highest BCUT2D eigenvalue weighted by molar-refractivity contribution is 5.99. The second-order valence-electron chi connectivity index (χ2n) is 8.50. The van der Waals surface area contributed by atoms with Gasteiger partial charge in [0.15, 0.2) is 0 Å². The summed E-state index contributed by atoms with van der Waals surface area (Å²) in [4.78, 5) is 32.4. The Morgan fingerprint density at radius 1 is 1.05 bits per heavy atom. The van der Waals surface area contributed by atoms with E-state index in [9.17, 15) is 9.59 Å². The van der Waals surface area contributed by atoms with Crippen molar-refractivity contribution in [3.05, 3.63) is 109 Å². The van der Waals surface area contributed by atoms with Gasteiger partial charge < -0.3 is 9.64 Å². The predicted octanol–water partition coefficient (Wildman–Crippen LogP) is 5.51. The zero-order valence-corrected chi connectivity index (χ0v) is 21.1. The van der Waals surface area contributed by atoms with Crippen molar-refractivity contribution in [3.63, 3.8) is 0 Å². The molecule has 0 aliphatic rings. The molecular weight excluding hydrogens is 464 g/mol. The van der Waals surface area contributed by atoms with Crippen LogP contribution in [0.25, 0.3) is 16.9 Å². The summed E-state index contributed by atoms with van der Waals surface area (Å²) in [5, 5.41) is 2.90. The van der Waals surface area contributed by atoms with Gasteiger partial charge in [-0.1, -0.05) is 60.2 Å². The van der Waals surface area contributed by atoms with Crippen LogP contribution in [0.4, 0.5) is 5.95 Å². The van der Waals surface area contributed by atoms with E-state index in [0.717, 1.165) is 16.8 Å². The van der Waals surface area contributed by atoms with Gasteiger partial charge in [-0.2, -0.15) is 0 Å². The summed E-state index contributed by atoms with van der Waals surface area (Å²) in [5.41, 5.74) is 3.98. The maximum absolute atomic E-state index is 13.2. The Bertz CT molecular complexity index is 1380. The molecule has 1 aromatic heterocycles. The largest absolute Gasteiger partial charge is 0.494 e. The van der Waals surface area contributed by atoms with Crippen LogP contribution >= 0.6 is 0 Å². The number of imidazole rings is 1. The Balaban J connectivity index is 1.62. The molecule has 3 aromatic carbocycles. The van der Waals surface area contributed by atoms with Crippen molar-refractivity contribution < 1.29 is 14.3 Å². The molecule has 0 atom stereocenters. The van der Waals surface area contributed by atoms with Gasteiger partial charge in [0.1, 0.15) is 12.3 Å². The Morgan fingerprint density at radius 2 is 1.81 bits per heavy atom. The molecule has 0 spiro atoms. The monoisotopic (exact) mass is 494 g/mol. The number of rotatable bonds is 10. The zero-order chi connectivity index (χ0) is 26.2. The highest BCUT2D eigenvalue weighted by atomic mass is 16.5. The molecular formula is C30H30N4O3. The lowest BCUT2D eigenvalue weighted by Gasteiger charge is -2.21. The summed E-state index contributed by atoms with van der Waals surface area (Å²) in [5.74, 6) is 0.453. The van der Waals surface area contributed by atoms with Gasteiger partial charge in [0, 0.05) is 29.9 Å². The number of carbonyl (C=O) groups excluding carboxylic acids is 2. The minimum absolute atomic E-state index is 0.148. The Labute approximate surface area is 217 Å². The molecule has 37 heavy (non-hydrogen) atoms. The third-order valence-electron chi connectivity index (χ3n) is 5.70. The van der Waals surface area contributed by atoms with Gasteiger partial charge in [-0.15, -0.1) is 6.58 Å². The van der Waals surface area contributed by atoms with Crippen LogP contribution < -0.4 is 10.1 Å². The molecule has 1 heterocycles. The average Bonchev–Trinajstić information content (AvgIpc) is 3.33. The lowest BCUT2D eigenvalue weighted by atomic mass is 10.1. The fourth-order valence-corrected chi connectivity index (χ4v) is 3.89. The third-order valence-corrected chi connectivity index (χ3v) is 5.70. The molecule has 7 heteroatoms. The van der Waals surface area contributed by atoms with E-state index in [0.29, 0.717) is 29.6 Å². The molecule has 0 unspecified atom stereocenters. The van der Waals surface area contributed by atoms with E-state index in [2.05, 4.69) is 11.9 Å². The first-order valence-corrected chi connectivity index (χ1v) is 12.1. The van der Waals surface area contributed by atoms with Crippen LogP contribution in [0.5, 0.6) is 5.75 Å². The summed E-state index contributed by atoms with van der Waals surface area (Å²) in [6.07, 6.45) is 3.47. The van der Waals surface area contributed by atoms with Crippen LogP contribution in [-0.4, -0.2) is 46.0 Å². The molecule has 4 aromatic rings. The number of aromatic nitrogens is 2. The molecule has 0 saturated heterocycles. The van der Waals surface area contributed by atoms with Gasteiger partial charge in [-0.25, -0.2) is 4.98 Å². The molecule has 4 rings (SSSR count). The Morgan fingerprint density at radius 3 is 2.51 bits per heavy atom. The van der Waals surface area contributed by atoms with Gasteiger partial charge in [0.05, 0.1) is 18.0 Å². The van der Waals surface area contributed by atoms with Crippen LogP contribution in [0, 0.1) is 6.92 Å². The van der Waals surface area contributed by atoms with Gasteiger partial charge in [0.2, 0.25) is 11.9 Å². The first-order valence-electron chi connectivity index (χ1n) is 12.1. The number of hydrogen-bond acceptors (Lipinski definition) is 4. The fraction of sp³-hybridized carbons (Fsp3) is 0.167. The molecule has 7 nitrogen and oxygen atoms in total. The van der Waals surface area contributed by atoms with E-state index in [1.54, 1.807) is 18.2 Å². The number of benzene rings is 3. The van der Waals surface area contributed by atoms with E-state index in [4.69, 9.17) is 9.72 Å². The fourth-order valence-electron chi connectivity index (χ4n) is 3.89. The molecule has 0 aliphatic heterocycles. The zero-order valence-electron chi connectivity index (χ0n) is 21.1. The average molecular weight is 495 g/mol. The highest BCUT2D eigenvalue weighted by Gasteiger charge is 2.20. The van der Waals surface area contributed by atoms with Crippen molar-refractivity contribution in [1.29, 1.82) is 0 Å². The second-order valence-corrected chi connectivity index (χ2v) is 8.50. The van der Waals surface area contributed by atoms with Crippen molar-refractivity contribution in [2.75, 3.05) is 25.0 Å². The lowest BCUT2D eigenvalue weighted by molar-refractivity contribution is -0.116. The maximum atomic E-state index is 13.2. The van der Waals surface area contributed by atoms with Crippen molar-refractivity contribution in [1.82, 2.24) is 14.5 Å². The minimum Gasteiger partial charge on any atom is -0.494 e. The van der Waals surface area contributed by atoms with E-state index < -0.39 is 0 Å². The van der Waals surface area contributed by atoms with Crippen molar-refractivity contribution in [2.24, 2.45) is 0 Å². The number of amides is 2. The molecule has 0 radical (unpaired) electrons. The van der Waals surface area contributed by atoms with Crippen molar-refractivity contribution >= 4 is 17.8 Å². The normalized spacial score (nSPS) is 10.5. The lowest BCUT2D eigenvalue weighted by Crippen LogP contribution is -2.38. The number of nitrogens with one attached hydrogen (secondary N) is 1. The predicted molar refractivity (Wildman–Crippen MR) is 146 cm³/mol. The van der Waals surface area contributed by atoms with Crippen LogP contribution in [-0.2, 0) is 4.79 Å². The van der Waals surface area contributed by atoms with Gasteiger partial charge >= 0.3 is 0 Å². The first kappa shape index (κ1) is 25.4. The van der Waals surface area contributed by atoms with Crippen molar-refractivity contribution in [3.8, 4) is 22.7 Å². The Kier molecular flexibility index (Phi) is 8.15. The number of aryl methyl sites for hydroxylation is 1. The second kappa shape index (κ2) is 11.9. The summed E-state index contributed by atoms with van der Waals surface area (Å²) >= 11 is 0. The van der Waals surface area contributed by atoms with Gasteiger partial charge in [-0.3, -0.25) is 19.5 Å². The van der Waals surface area contributed by atoms with E-state index in [1.807, 2.05) is 91.3 Å². The van der Waals surface area contributed by atoms with Crippen molar-refractivity contribution in [2.45, 2.75) is 13.8 Å². The van der Waals surface area contributed by atoms with E-state index in [-0.39, 0.29) is 24.9 Å². The SMILES string of the molecule is C=CCN(CC(=O)Nc1nc(-c2ccccc2)cn1-c1cccc(OCC)c1)C(=O)c1ccc(C)cc1. The molecule has 2 amide bonds. The molecule has 0 aliphatic carbocycles. The van der Waals surface area contributed by atoms with Crippen LogP contribution in [0.2, 0.25) is 0 Å². The van der Waals surface area contributed by atoms with Crippen LogP contribution in [0.1, 0.15) is 22.8 Å². The van der Waals surface area contributed by atoms with Crippen LogP contribution in [0.15, 0.2) is 97.7 Å². The summed E-state index contributed by atoms with van der Waals surface area (Å²) in [7, 11) is 0. The molecule has 0 saturated carbocycles. The minimum atomic E-state index is -0.366. The standard InChI is InChI=1S/C30H30N4O3/c1-4-18-33(29(36)24-16-14-22(3)15-17-24)21-28(35)32-30-31-27(23-10-7-6-8-11-23)20-34(30)25-12-9-13-26(19-25)37-5-2/h4,6-17,19-20H,1,5,18,21H2,2-3H3,(H,31,32,35). The van der Waals surface area contributed by atoms with E-state index in [1.165, 1.54) is 4.90 Å². The molecule has 1 N–H and O–H groups in total. The quantitative estimate of drug-likeness (QED) is 0.295. The summed E-state index contributed by atoms with van der Waals surface area (Å²) in [6.45, 7) is 8.26. The van der Waals surface area contributed by atoms with E-state index >= 15 is 0 Å². The molecule has 0 bridgehead atoms. The number of carbonyl (C=O) groups is 2. The number of anilines is 1. The summed E-state index contributed by atoms with van der Waals surface area (Å²) < 4.78 is 7.47.